The summed E-state index contributed by atoms with van der Waals surface area (Å²) in [5.41, 5.74) is 6.53. The topological polar surface area (TPSA) is 51.2 Å². The zero-order valence-electron chi connectivity index (χ0n) is 17.5. The predicted molar refractivity (Wildman–Crippen MR) is 115 cm³/mol. The summed E-state index contributed by atoms with van der Waals surface area (Å²) in [6.07, 6.45) is 2.61. The Kier molecular flexibility index (Phi) is 5.55. The van der Waals surface area contributed by atoms with Gasteiger partial charge in [-0.2, -0.15) is 0 Å². The van der Waals surface area contributed by atoms with Crippen LogP contribution < -0.4 is 0 Å². The van der Waals surface area contributed by atoms with Gasteiger partial charge in [0.25, 0.3) is 0 Å². The summed E-state index contributed by atoms with van der Waals surface area (Å²) >= 11 is 0. The second-order valence-corrected chi connectivity index (χ2v) is 11.9. The highest BCUT2D eigenvalue weighted by Crippen LogP contribution is 2.31. The molecule has 0 saturated carbocycles. The van der Waals surface area contributed by atoms with Crippen LogP contribution in [0.15, 0.2) is 36.4 Å². The second-order valence-electron chi connectivity index (χ2n) is 9.17. The maximum atomic E-state index is 12.8. The largest absolute Gasteiger partial charge is 0.294 e. The summed E-state index contributed by atoms with van der Waals surface area (Å²) in [5, 5.41) is 0. The molecule has 4 heteroatoms. The number of hydrogen-bond donors (Lipinski definition) is 0. The molecule has 0 radical (unpaired) electrons. The van der Waals surface area contributed by atoms with E-state index in [1.165, 1.54) is 16.7 Å². The van der Waals surface area contributed by atoms with Gasteiger partial charge < -0.3 is 0 Å². The SMILES string of the molecule is Cc1c(CC(=O)c2ccc(CS(=O)(=O)C(C)(C)C)cc2)ccc2c1CC(C)C2. The van der Waals surface area contributed by atoms with Crippen molar-refractivity contribution in [3.05, 3.63) is 69.8 Å². The van der Waals surface area contributed by atoms with Crippen molar-refractivity contribution in [1.82, 2.24) is 0 Å². The van der Waals surface area contributed by atoms with E-state index in [0.29, 0.717) is 23.5 Å². The first-order chi connectivity index (χ1) is 13.0. The third kappa shape index (κ3) is 4.22. The Morgan fingerprint density at radius 2 is 1.68 bits per heavy atom. The van der Waals surface area contributed by atoms with Crippen molar-refractivity contribution >= 4 is 15.6 Å². The first-order valence-electron chi connectivity index (χ1n) is 9.92. The molecule has 2 aromatic carbocycles. The number of rotatable bonds is 5. The number of Topliss-reactive ketones (excluding diaryl/α,β-unsaturated/α-hetero) is 1. The fourth-order valence-electron chi connectivity index (χ4n) is 3.82. The summed E-state index contributed by atoms with van der Waals surface area (Å²) in [6.45, 7) is 9.52. The van der Waals surface area contributed by atoms with Crippen LogP contribution in [0.2, 0.25) is 0 Å². The maximum Gasteiger partial charge on any atom is 0.167 e. The van der Waals surface area contributed by atoms with Crippen LogP contribution in [0.25, 0.3) is 0 Å². The molecular weight excluding hydrogens is 368 g/mol. The van der Waals surface area contributed by atoms with Gasteiger partial charge in [0.2, 0.25) is 0 Å². The molecule has 0 aromatic heterocycles. The van der Waals surface area contributed by atoms with Gasteiger partial charge in [0.05, 0.1) is 10.5 Å². The summed E-state index contributed by atoms with van der Waals surface area (Å²) < 4.78 is 23.9. The van der Waals surface area contributed by atoms with E-state index in [4.69, 9.17) is 0 Å². The molecule has 0 bridgehead atoms. The van der Waals surface area contributed by atoms with Crippen molar-refractivity contribution in [2.75, 3.05) is 0 Å². The van der Waals surface area contributed by atoms with Crippen LogP contribution in [0.5, 0.6) is 0 Å². The van der Waals surface area contributed by atoms with Crippen LogP contribution in [-0.2, 0) is 34.9 Å². The lowest BCUT2D eigenvalue weighted by Gasteiger charge is -2.19. The lowest BCUT2D eigenvalue weighted by atomic mass is 9.94. The summed E-state index contributed by atoms with van der Waals surface area (Å²) in [7, 11) is -3.23. The Morgan fingerprint density at radius 1 is 1.04 bits per heavy atom. The number of hydrogen-bond acceptors (Lipinski definition) is 3. The number of sulfone groups is 1. The first kappa shape index (κ1) is 20.8. The molecule has 1 unspecified atom stereocenters. The number of carbonyl (C=O) groups excluding carboxylic acids is 1. The standard InChI is InChI=1S/C24H30O3S/c1-16-12-21-11-10-20(17(2)22(21)13-16)14-23(25)19-8-6-18(7-9-19)15-28(26,27)24(3,4)5/h6-11,16H,12-15H2,1-5H3. The average molecular weight is 399 g/mol. The highest BCUT2D eigenvalue weighted by Gasteiger charge is 2.29. The van der Waals surface area contributed by atoms with E-state index in [0.717, 1.165) is 18.4 Å². The van der Waals surface area contributed by atoms with Crippen LogP contribution in [0.3, 0.4) is 0 Å². The zero-order chi connectivity index (χ0) is 20.7. The van der Waals surface area contributed by atoms with E-state index in [1.54, 1.807) is 45.0 Å². The lowest BCUT2D eigenvalue weighted by Crippen LogP contribution is -2.29. The van der Waals surface area contributed by atoms with Crippen LogP contribution in [0.1, 0.15) is 65.9 Å². The lowest BCUT2D eigenvalue weighted by molar-refractivity contribution is 0.0992. The van der Waals surface area contributed by atoms with Crippen LogP contribution in [0.4, 0.5) is 0 Å². The van der Waals surface area contributed by atoms with E-state index in [9.17, 15) is 13.2 Å². The monoisotopic (exact) mass is 398 g/mol. The third-order valence-electron chi connectivity index (χ3n) is 5.85. The highest BCUT2D eigenvalue weighted by molar-refractivity contribution is 7.91. The van der Waals surface area contributed by atoms with Gasteiger partial charge in [-0.1, -0.05) is 43.3 Å². The fraction of sp³-hybridized carbons (Fsp3) is 0.458. The summed E-state index contributed by atoms with van der Waals surface area (Å²) in [5.74, 6) is 0.739. The van der Waals surface area contributed by atoms with Crippen LogP contribution in [-0.4, -0.2) is 18.9 Å². The molecular formula is C24H30O3S. The smallest absolute Gasteiger partial charge is 0.167 e. The van der Waals surface area contributed by atoms with Gasteiger partial charge in [0, 0.05) is 12.0 Å². The van der Waals surface area contributed by atoms with Gasteiger partial charge in [0.15, 0.2) is 15.6 Å². The third-order valence-corrected chi connectivity index (χ3v) is 8.42. The molecule has 0 heterocycles. The molecule has 0 saturated heterocycles. The van der Waals surface area contributed by atoms with E-state index in [-0.39, 0.29) is 11.5 Å². The van der Waals surface area contributed by atoms with Gasteiger partial charge in [-0.05, 0) is 74.3 Å². The van der Waals surface area contributed by atoms with Gasteiger partial charge in [0.1, 0.15) is 0 Å². The molecule has 0 amide bonds. The van der Waals surface area contributed by atoms with Crippen LogP contribution >= 0.6 is 0 Å². The molecule has 1 aliphatic rings. The Hall–Kier alpha value is -1.94. The normalized spacial score (nSPS) is 16.8. The molecule has 150 valence electrons. The van der Waals surface area contributed by atoms with Gasteiger partial charge >= 0.3 is 0 Å². The molecule has 1 atom stereocenters. The minimum atomic E-state index is -3.23. The Bertz CT molecular complexity index is 993. The minimum absolute atomic E-state index is 0.00686. The van der Waals surface area contributed by atoms with Gasteiger partial charge in [-0.25, -0.2) is 8.42 Å². The quantitative estimate of drug-likeness (QED) is 0.675. The van der Waals surface area contributed by atoms with E-state index in [1.807, 2.05) is 0 Å². The van der Waals surface area contributed by atoms with E-state index < -0.39 is 14.6 Å². The van der Waals surface area contributed by atoms with Gasteiger partial charge in [-0.3, -0.25) is 4.79 Å². The van der Waals surface area contributed by atoms with E-state index in [2.05, 4.69) is 26.0 Å². The molecule has 28 heavy (non-hydrogen) atoms. The van der Waals surface area contributed by atoms with Crippen molar-refractivity contribution in [1.29, 1.82) is 0 Å². The first-order valence-corrected chi connectivity index (χ1v) is 11.6. The molecule has 3 rings (SSSR count). The van der Waals surface area contributed by atoms with Crippen molar-refractivity contribution in [3.63, 3.8) is 0 Å². The highest BCUT2D eigenvalue weighted by atomic mass is 32.2. The van der Waals surface area contributed by atoms with E-state index >= 15 is 0 Å². The summed E-state index contributed by atoms with van der Waals surface area (Å²) in [6, 6.07) is 11.3. The molecule has 3 nitrogen and oxygen atoms in total. The molecule has 0 fully saturated rings. The minimum Gasteiger partial charge on any atom is -0.294 e. The number of carbonyl (C=O) groups is 1. The van der Waals surface area contributed by atoms with Gasteiger partial charge in [-0.15, -0.1) is 0 Å². The Morgan fingerprint density at radius 3 is 2.29 bits per heavy atom. The van der Waals surface area contributed by atoms with Crippen LogP contribution in [0, 0.1) is 12.8 Å². The number of benzene rings is 2. The average Bonchev–Trinajstić information content (AvgIpc) is 2.98. The predicted octanol–water partition coefficient (Wildman–Crippen LogP) is 4.87. The van der Waals surface area contributed by atoms with Crippen molar-refractivity contribution in [3.8, 4) is 0 Å². The molecule has 0 aliphatic heterocycles. The molecule has 0 spiro atoms. The molecule has 2 aromatic rings. The van der Waals surface area contributed by atoms with Crippen molar-refractivity contribution in [2.24, 2.45) is 5.92 Å². The molecule has 0 N–H and O–H groups in total. The zero-order valence-corrected chi connectivity index (χ0v) is 18.3. The van der Waals surface area contributed by atoms with Crippen molar-refractivity contribution < 1.29 is 13.2 Å². The molecule has 1 aliphatic carbocycles. The number of ketones is 1. The Balaban J connectivity index is 1.74. The summed E-state index contributed by atoms with van der Waals surface area (Å²) in [4.78, 5) is 12.8. The second kappa shape index (κ2) is 7.47. The Labute approximate surface area is 169 Å². The fourth-order valence-corrected chi connectivity index (χ4v) is 4.89. The number of fused-ring (bicyclic) bond motifs is 1. The van der Waals surface area contributed by atoms with Crippen molar-refractivity contribution in [2.45, 2.75) is 64.4 Å². The maximum absolute atomic E-state index is 12.8.